The van der Waals surface area contributed by atoms with Crippen molar-refractivity contribution in [3.05, 3.63) is 29.8 Å². The van der Waals surface area contributed by atoms with Crippen molar-refractivity contribution in [2.24, 2.45) is 0 Å². The van der Waals surface area contributed by atoms with Crippen molar-refractivity contribution in [3.63, 3.8) is 0 Å². The van der Waals surface area contributed by atoms with E-state index in [2.05, 4.69) is 0 Å². The van der Waals surface area contributed by atoms with E-state index >= 15 is 0 Å². The minimum absolute atomic E-state index is 0.0763. The molecular formula is C16H24N2O2. The Bertz CT molecular complexity index is 479. The van der Waals surface area contributed by atoms with E-state index in [1.165, 1.54) is 0 Å². The number of nitrogens with zero attached hydrogens (tertiary/aromatic N) is 1. The maximum absolute atomic E-state index is 12.8. The fourth-order valence-corrected chi connectivity index (χ4v) is 2.33. The van der Waals surface area contributed by atoms with Crippen LogP contribution in [-0.2, 0) is 16.1 Å². The van der Waals surface area contributed by atoms with Crippen LogP contribution in [0.4, 0.5) is 5.69 Å². The Morgan fingerprint density at radius 2 is 2.20 bits per heavy atom. The van der Waals surface area contributed by atoms with Gasteiger partial charge in [-0.2, -0.15) is 0 Å². The zero-order valence-electron chi connectivity index (χ0n) is 12.6. The Labute approximate surface area is 120 Å². The Morgan fingerprint density at radius 3 is 2.70 bits per heavy atom. The predicted octanol–water partition coefficient (Wildman–Crippen LogP) is 2.57. The highest BCUT2D eigenvalue weighted by molar-refractivity contribution is 5.85. The van der Waals surface area contributed by atoms with Crippen molar-refractivity contribution in [2.75, 3.05) is 12.8 Å². The minimum Gasteiger partial charge on any atom is -0.399 e. The first-order chi connectivity index (χ1) is 9.50. The van der Waals surface area contributed by atoms with Crippen LogP contribution >= 0.6 is 0 Å². The normalized spacial score (nSPS) is 17.6. The highest BCUT2D eigenvalue weighted by Gasteiger charge is 2.41. The molecule has 0 radical (unpaired) electrons. The van der Waals surface area contributed by atoms with Gasteiger partial charge in [0.25, 0.3) is 5.91 Å². The van der Waals surface area contributed by atoms with Gasteiger partial charge < -0.3 is 15.4 Å². The third-order valence-electron chi connectivity index (χ3n) is 4.13. The summed E-state index contributed by atoms with van der Waals surface area (Å²) in [6.45, 7) is 4.45. The number of nitrogens with two attached hydrogens (primary N) is 1. The first-order valence-electron chi connectivity index (χ1n) is 7.21. The highest BCUT2D eigenvalue weighted by atomic mass is 16.5. The van der Waals surface area contributed by atoms with Crippen molar-refractivity contribution in [2.45, 2.75) is 51.3 Å². The molecule has 1 aromatic rings. The number of methoxy groups -OCH3 is 1. The molecule has 0 bridgehead atoms. The molecule has 1 aromatic carbocycles. The average molecular weight is 276 g/mol. The maximum atomic E-state index is 12.8. The average Bonchev–Trinajstić information content (AvgIpc) is 3.28. The Kier molecular flexibility index (Phi) is 4.33. The van der Waals surface area contributed by atoms with Gasteiger partial charge in [0.2, 0.25) is 0 Å². The molecule has 1 unspecified atom stereocenters. The summed E-state index contributed by atoms with van der Waals surface area (Å²) in [5.74, 6) is 0.0763. The molecule has 1 aliphatic carbocycles. The molecule has 2 rings (SSSR count). The highest BCUT2D eigenvalue weighted by Crippen LogP contribution is 2.32. The van der Waals surface area contributed by atoms with E-state index in [1.807, 2.05) is 43.0 Å². The number of benzene rings is 1. The van der Waals surface area contributed by atoms with Gasteiger partial charge in [0.05, 0.1) is 0 Å². The summed E-state index contributed by atoms with van der Waals surface area (Å²) < 4.78 is 5.45. The first kappa shape index (κ1) is 14.9. The number of hydrogen-bond acceptors (Lipinski definition) is 3. The lowest BCUT2D eigenvalue weighted by molar-refractivity contribution is -0.154. The van der Waals surface area contributed by atoms with E-state index in [0.29, 0.717) is 19.0 Å². The third-order valence-corrected chi connectivity index (χ3v) is 4.13. The topological polar surface area (TPSA) is 55.6 Å². The molecule has 0 spiro atoms. The SMILES string of the molecule is CCC(C)(OC)C(=O)N(Cc1cccc(N)c1)C1CC1. The lowest BCUT2D eigenvalue weighted by Gasteiger charge is -2.33. The number of hydrogen-bond donors (Lipinski definition) is 1. The van der Waals surface area contributed by atoms with Crippen LogP contribution in [0.25, 0.3) is 0 Å². The molecular weight excluding hydrogens is 252 g/mol. The summed E-state index contributed by atoms with van der Waals surface area (Å²) in [6.07, 6.45) is 2.83. The van der Waals surface area contributed by atoms with Crippen LogP contribution in [0.1, 0.15) is 38.7 Å². The Hall–Kier alpha value is -1.55. The summed E-state index contributed by atoms with van der Waals surface area (Å²) in [5.41, 5.74) is 6.88. The van der Waals surface area contributed by atoms with E-state index in [-0.39, 0.29) is 5.91 Å². The summed E-state index contributed by atoms with van der Waals surface area (Å²) in [5, 5.41) is 0. The van der Waals surface area contributed by atoms with Gasteiger partial charge in [-0.05, 0) is 43.9 Å². The van der Waals surface area contributed by atoms with Gasteiger partial charge in [0.1, 0.15) is 5.60 Å². The minimum atomic E-state index is -0.733. The summed E-state index contributed by atoms with van der Waals surface area (Å²) >= 11 is 0. The monoisotopic (exact) mass is 276 g/mol. The maximum Gasteiger partial charge on any atom is 0.255 e. The van der Waals surface area contributed by atoms with Crippen LogP contribution in [-0.4, -0.2) is 29.6 Å². The van der Waals surface area contributed by atoms with Crippen LogP contribution in [0.5, 0.6) is 0 Å². The molecule has 1 aliphatic rings. The largest absolute Gasteiger partial charge is 0.399 e. The number of carbonyl (C=O) groups is 1. The van der Waals surface area contributed by atoms with Gasteiger partial charge in [-0.15, -0.1) is 0 Å². The molecule has 4 heteroatoms. The van der Waals surface area contributed by atoms with Crippen LogP contribution < -0.4 is 5.73 Å². The molecule has 0 heterocycles. The van der Waals surface area contributed by atoms with E-state index < -0.39 is 5.60 Å². The molecule has 1 amide bonds. The van der Waals surface area contributed by atoms with E-state index in [0.717, 1.165) is 24.1 Å². The fraction of sp³-hybridized carbons (Fsp3) is 0.562. The van der Waals surface area contributed by atoms with E-state index in [9.17, 15) is 4.79 Å². The van der Waals surface area contributed by atoms with Gasteiger partial charge in [-0.25, -0.2) is 0 Å². The zero-order valence-corrected chi connectivity index (χ0v) is 12.6. The van der Waals surface area contributed by atoms with Crippen molar-refractivity contribution in [1.82, 2.24) is 4.90 Å². The molecule has 1 fully saturated rings. The van der Waals surface area contributed by atoms with Crippen molar-refractivity contribution in [3.8, 4) is 0 Å². The lowest BCUT2D eigenvalue weighted by Crippen LogP contribution is -2.48. The number of nitrogen functional groups attached to an aromatic ring is 1. The summed E-state index contributed by atoms with van der Waals surface area (Å²) in [6, 6.07) is 8.08. The van der Waals surface area contributed by atoms with Gasteiger partial charge in [-0.3, -0.25) is 4.79 Å². The van der Waals surface area contributed by atoms with Crippen molar-refractivity contribution >= 4 is 11.6 Å². The molecule has 0 saturated heterocycles. The summed E-state index contributed by atoms with van der Waals surface area (Å²) in [7, 11) is 1.60. The van der Waals surface area contributed by atoms with E-state index in [4.69, 9.17) is 10.5 Å². The molecule has 1 atom stereocenters. The van der Waals surface area contributed by atoms with Crippen LogP contribution in [0.2, 0.25) is 0 Å². The zero-order chi connectivity index (χ0) is 14.8. The lowest BCUT2D eigenvalue weighted by atomic mass is 10.0. The van der Waals surface area contributed by atoms with Gasteiger partial charge >= 0.3 is 0 Å². The number of carbonyl (C=O) groups excluding carboxylic acids is 1. The predicted molar refractivity (Wildman–Crippen MR) is 80.1 cm³/mol. The second-order valence-electron chi connectivity index (χ2n) is 5.70. The van der Waals surface area contributed by atoms with Crippen LogP contribution in [0.15, 0.2) is 24.3 Å². The van der Waals surface area contributed by atoms with Crippen LogP contribution in [0, 0.1) is 0 Å². The quantitative estimate of drug-likeness (QED) is 0.812. The molecule has 20 heavy (non-hydrogen) atoms. The van der Waals surface area contributed by atoms with Gasteiger partial charge in [0.15, 0.2) is 0 Å². The van der Waals surface area contributed by atoms with Gasteiger partial charge in [0, 0.05) is 25.4 Å². The number of ether oxygens (including phenoxy) is 1. The second-order valence-corrected chi connectivity index (χ2v) is 5.70. The van der Waals surface area contributed by atoms with Gasteiger partial charge in [-0.1, -0.05) is 19.1 Å². The van der Waals surface area contributed by atoms with Crippen molar-refractivity contribution in [1.29, 1.82) is 0 Å². The Balaban J connectivity index is 2.17. The molecule has 0 aromatic heterocycles. The molecule has 0 aliphatic heterocycles. The third kappa shape index (κ3) is 3.12. The van der Waals surface area contributed by atoms with E-state index in [1.54, 1.807) is 7.11 Å². The molecule has 110 valence electrons. The standard InChI is InChI=1S/C16H24N2O2/c1-4-16(2,20-3)15(19)18(14-8-9-14)11-12-6-5-7-13(17)10-12/h5-7,10,14H,4,8-9,11,17H2,1-3H3. The molecule has 1 saturated carbocycles. The molecule has 4 nitrogen and oxygen atoms in total. The Morgan fingerprint density at radius 1 is 1.50 bits per heavy atom. The number of amides is 1. The summed E-state index contributed by atoms with van der Waals surface area (Å²) in [4.78, 5) is 14.7. The fourth-order valence-electron chi connectivity index (χ4n) is 2.33. The second kappa shape index (κ2) is 5.83. The molecule has 2 N–H and O–H groups in total. The smallest absolute Gasteiger partial charge is 0.255 e. The first-order valence-corrected chi connectivity index (χ1v) is 7.21. The number of rotatable bonds is 6. The van der Waals surface area contributed by atoms with Crippen molar-refractivity contribution < 1.29 is 9.53 Å². The van der Waals surface area contributed by atoms with Crippen LogP contribution in [0.3, 0.4) is 0 Å². The number of anilines is 1.